The van der Waals surface area contributed by atoms with Crippen molar-refractivity contribution in [2.24, 2.45) is 0 Å². The monoisotopic (exact) mass is 484 g/mol. The van der Waals surface area contributed by atoms with Crippen molar-refractivity contribution in [3.8, 4) is 11.5 Å². The second-order valence-corrected chi connectivity index (χ2v) is 9.18. The number of carbonyl (C=O) groups is 1. The lowest BCUT2D eigenvalue weighted by molar-refractivity contribution is -0.274. The topological polar surface area (TPSA) is 84.9 Å². The molecule has 0 spiro atoms. The molecule has 1 N–H and O–H groups in total. The van der Waals surface area contributed by atoms with Gasteiger partial charge in [-0.15, -0.1) is 13.2 Å². The fourth-order valence-electron chi connectivity index (χ4n) is 3.34. The first-order valence-corrected chi connectivity index (χ1v) is 11.6. The quantitative estimate of drug-likeness (QED) is 0.588. The Balaban J connectivity index is 1.72. The van der Waals surface area contributed by atoms with E-state index in [1.807, 2.05) is 0 Å². The van der Waals surface area contributed by atoms with Crippen molar-refractivity contribution < 1.29 is 35.9 Å². The number of methoxy groups -OCH3 is 1. The van der Waals surface area contributed by atoms with Gasteiger partial charge in [-0.2, -0.15) is 4.31 Å². The normalized spacial score (nSPS) is 15.4. The Bertz CT molecular complexity index is 1110. The van der Waals surface area contributed by atoms with Crippen LogP contribution in [0, 0.1) is 0 Å². The van der Waals surface area contributed by atoms with E-state index in [2.05, 4.69) is 10.1 Å². The molecule has 0 aliphatic carbocycles. The first-order valence-electron chi connectivity index (χ1n) is 10.1. The summed E-state index contributed by atoms with van der Waals surface area (Å²) in [5.74, 6) is -0.740. The maximum atomic E-state index is 13.1. The van der Waals surface area contributed by atoms with E-state index < -0.39 is 28.0 Å². The number of hydrogen-bond acceptors (Lipinski definition) is 5. The van der Waals surface area contributed by atoms with E-state index >= 15 is 0 Å². The SMILES string of the molecule is COc1ccc(C=CC(=O)Nc2ccc(OC(F)(F)F)cc2)cc1S(=O)(=O)N1CCCCC1. The molecule has 11 heteroatoms. The molecule has 1 fully saturated rings. The Morgan fingerprint density at radius 2 is 1.73 bits per heavy atom. The van der Waals surface area contributed by atoms with Gasteiger partial charge in [0.1, 0.15) is 16.4 Å². The molecular formula is C22H23F3N2O5S. The summed E-state index contributed by atoms with van der Waals surface area (Å²) in [6, 6.07) is 9.26. The molecule has 1 aliphatic heterocycles. The molecule has 0 saturated carbocycles. The van der Waals surface area contributed by atoms with Crippen LogP contribution in [0.15, 0.2) is 53.4 Å². The number of nitrogens with one attached hydrogen (secondary N) is 1. The summed E-state index contributed by atoms with van der Waals surface area (Å²) in [4.78, 5) is 12.2. The van der Waals surface area contributed by atoms with Gasteiger partial charge in [-0.25, -0.2) is 8.42 Å². The Hall–Kier alpha value is -3.05. The molecule has 0 aromatic heterocycles. The van der Waals surface area contributed by atoms with Crippen LogP contribution in [0.3, 0.4) is 0 Å². The highest BCUT2D eigenvalue weighted by Crippen LogP contribution is 2.30. The maximum absolute atomic E-state index is 13.1. The van der Waals surface area contributed by atoms with Gasteiger partial charge in [0.05, 0.1) is 7.11 Å². The lowest BCUT2D eigenvalue weighted by Gasteiger charge is -2.26. The molecule has 1 amide bonds. The number of nitrogens with zero attached hydrogens (tertiary/aromatic N) is 1. The van der Waals surface area contributed by atoms with Gasteiger partial charge < -0.3 is 14.8 Å². The van der Waals surface area contributed by atoms with Crippen molar-refractivity contribution in [2.45, 2.75) is 30.5 Å². The van der Waals surface area contributed by atoms with Gasteiger partial charge in [0.25, 0.3) is 0 Å². The van der Waals surface area contributed by atoms with E-state index in [1.165, 1.54) is 47.8 Å². The highest BCUT2D eigenvalue weighted by atomic mass is 32.2. The summed E-state index contributed by atoms with van der Waals surface area (Å²) >= 11 is 0. The smallest absolute Gasteiger partial charge is 0.495 e. The maximum Gasteiger partial charge on any atom is 0.573 e. The predicted molar refractivity (Wildman–Crippen MR) is 116 cm³/mol. The molecular weight excluding hydrogens is 461 g/mol. The fraction of sp³-hybridized carbons (Fsp3) is 0.318. The molecule has 2 aromatic rings. The zero-order valence-electron chi connectivity index (χ0n) is 17.8. The van der Waals surface area contributed by atoms with Crippen molar-refractivity contribution >= 4 is 27.7 Å². The van der Waals surface area contributed by atoms with Crippen LogP contribution < -0.4 is 14.8 Å². The number of sulfonamides is 1. The molecule has 1 heterocycles. The Morgan fingerprint density at radius 1 is 1.06 bits per heavy atom. The summed E-state index contributed by atoms with van der Waals surface area (Å²) < 4.78 is 73.3. The summed E-state index contributed by atoms with van der Waals surface area (Å²) in [6.45, 7) is 0.890. The molecule has 0 bridgehead atoms. The summed E-state index contributed by atoms with van der Waals surface area (Å²) in [5, 5.41) is 2.51. The molecule has 1 saturated heterocycles. The fourth-order valence-corrected chi connectivity index (χ4v) is 5.05. The number of piperidine rings is 1. The van der Waals surface area contributed by atoms with Crippen molar-refractivity contribution in [3.05, 3.63) is 54.1 Å². The third-order valence-electron chi connectivity index (χ3n) is 4.90. The van der Waals surface area contributed by atoms with Crippen LogP contribution in [-0.4, -0.2) is 45.2 Å². The van der Waals surface area contributed by atoms with Crippen LogP contribution in [0.5, 0.6) is 11.5 Å². The highest BCUT2D eigenvalue weighted by Gasteiger charge is 2.31. The molecule has 178 valence electrons. The Kier molecular flexibility index (Phi) is 7.65. The van der Waals surface area contributed by atoms with Crippen LogP contribution in [0.2, 0.25) is 0 Å². The minimum atomic E-state index is -4.80. The standard InChI is InChI=1S/C22H23F3N2O5S/c1-31-19-11-5-16(15-20(19)33(29,30)27-13-3-2-4-14-27)6-12-21(28)26-17-7-9-18(10-8-17)32-22(23,24)25/h5-12,15H,2-4,13-14H2,1H3,(H,26,28). The van der Waals surface area contributed by atoms with Crippen LogP contribution in [0.1, 0.15) is 24.8 Å². The minimum Gasteiger partial charge on any atom is -0.495 e. The van der Waals surface area contributed by atoms with E-state index in [0.29, 0.717) is 18.7 Å². The Morgan fingerprint density at radius 3 is 2.33 bits per heavy atom. The van der Waals surface area contributed by atoms with E-state index in [4.69, 9.17) is 4.74 Å². The average molecular weight is 484 g/mol. The largest absolute Gasteiger partial charge is 0.573 e. The third kappa shape index (κ3) is 6.72. The molecule has 0 atom stereocenters. The van der Waals surface area contributed by atoms with E-state index in [-0.39, 0.29) is 16.3 Å². The van der Waals surface area contributed by atoms with Gasteiger partial charge in [0.2, 0.25) is 15.9 Å². The molecule has 2 aromatic carbocycles. The summed E-state index contributed by atoms with van der Waals surface area (Å²) in [5.41, 5.74) is 0.734. The molecule has 0 radical (unpaired) electrons. The zero-order chi connectivity index (χ0) is 24.1. The van der Waals surface area contributed by atoms with Crippen LogP contribution in [0.4, 0.5) is 18.9 Å². The summed E-state index contributed by atoms with van der Waals surface area (Å²) in [6.07, 6.45) is 0.408. The van der Waals surface area contributed by atoms with Crippen LogP contribution in [-0.2, 0) is 14.8 Å². The van der Waals surface area contributed by atoms with Crippen molar-refractivity contribution in [2.75, 3.05) is 25.5 Å². The second-order valence-electron chi connectivity index (χ2n) is 7.27. The molecule has 33 heavy (non-hydrogen) atoms. The van der Waals surface area contributed by atoms with Crippen molar-refractivity contribution in [1.29, 1.82) is 0 Å². The lowest BCUT2D eigenvalue weighted by atomic mass is 10.2. The number of rotatable bonds is 7. The van der Waals surface area contributed by atoms with Crippen LogP contribution >= 0.6 is 0 Å². The molecule has 7 nitrogen and oxygen atoms in total. The Labute approximate surface area is 189 Å². The number of benzene rings is 2. The van der Waals surface area contributed by atoms with Crippen molar-refractivity contribution in [1.82, 2.24) is 4.31 Å². The number of alkyl halides is 3. The van der Waals surface area contributed by atoms with Crippen LogP contribution in [0.25, 0.3) is 6.08 Å². The first kappa shape index (κ1) is 24.6. The van der Waals surface area contributed by atoms with E-state index in [1.54, 1.807) is 6.07 Å². The zero-order valence-corrected chi connectivity index (χ0v) is 18.6. The highest BCUT2D eigenvalue weighted by molar-refractivity contribution is 7.89. The van der Waals surface area contributed by atoms with Gasteiger partial charge >= 0.3 is 6.36 Å². The van der Waals surface area contributed by atoms with Gasteiger partial charge in [-0.05, 0) is 60.9 Å². The summed E-state index contributed by atoms with van der Waals surface area (Å²) in [7, 11) is -2.36. The van der Waals surface area contributed by atoms with Crippen molar-refractivity contribution in [3.63, 3.8) is 0 Å². The first-order chi connectivity index (χ1) is 15.6. The van der Waals surface area contributed by atoms with Gasteiger partial charge in [-0.1, -0.05) is 12.5 Å². The third-order valence-corrected chi connectivity index (χ3v) is 6.82. The molecule has 0 unspecified atom stereocenters. The number of amides is 1. The number of halogens is 3. The predicted octanol–water partition coefficient (Wildman–Crippen LogP) is 4.42. The molecule has 3 rings (SSSR count). The number of ether oxygens (including phenoxy) is 2. The lowest BCUT2D eigenvalue weighted by Crippen LogP contribution is -2.35. The average Bonchev–Trinajstić information content (AvgIpc) is 2.78. The minimum absolute atomic E-state index is 0.0229. The number of hydrogen-bond donors (Lipinski definition) is 1. The number of carbonyl (C=O) groups excluding carboxylic acids is 1. The molecule has 1 aliphatic rings. The van der Waals surface area contributed by atoms with Gasteiger partial charge in [0, 0.05) is 24.9 Å². The second kappa shape index (κ2) is 10.3. The van der Waals surface area contributed by atoms with Gasteiger partial charge in [-0.3, -0.25) is 4.79 Å². The number of anilines is 1. The van der Waals surface area contributed by atoms with E-state index in [9.17, 15) is 26.4 Å². The van der Waals surface area contributed by atoms with E-state index in [0.717, 1.165) is 31.4 Å². The van der Waals surface area contributed by atoms with Gasteiger partial charge in [0.15, 0.2) is 0 Å².